The smallest absolute Gasteiger partial charge is 0.240 e. The van der Waals surface area contributed by atoms with E-state index in [0.717, 1.165) is 25.2 Å². The first kappa shape index (κ1) is 16.0. The van der Waals surface area contributed by atoms with Gasteiger partial charge in [0.2, 0.25) is 11.8 Å². The summed E-state index contributed by atoms with van der Waals surface area (Å²) in [6.07, 6.45) is 1.09. The molecule has 6 heteroatoms. The van der Waals surface area contributed by atoms with Crippen molar-refractivity contribution in [1.29, 1.82) is 0 Å². The number of piperidine rings is 1. The second kappa shape index (κ2) is 7.04. The third kappa shape index (κ3) is 4.28. The highest BCUT2D eigenvalue weighted by molar-refractivity contribution is 5.90. The Balaban J connectivity index is 1.84. The number of amides is 1. The fourth-order valence-corrected chi connectivity index (χ4v) is 2.68. The molecule has 3 N–H and O–H groups in total. The molecule has 118 valence electrons. The van der Waals surface area contributed by atoms with Gasteiger partial charge in [0.25, 0.3) is 0 Å². The fourth-order valence-electron chi connectivity index (χ4n) is 2.68. The van der Waals surface area contributed by atoms with E-state index in [2.05, 4.69) is 22.3 Å². The lowest BCUT2D eigenvalue weighted by Gasteiger charge is -2.35. The molecule has 2 unspecified atom stereocenters. The number of aromatic nitrogens is 1. The lowest BCUT2D eigenvalue weighted by Crippen LogP contribution is -2.45. The molecule has 2 heterocycles. The molecule has 1 aromatic heterocycles. The van der Waals surface area contributed by atoms with Crippen LogP contribution in [0.3, 0.4) is 0 Å². The number of anilines is 1. The lowest BCUT2D eigenvalue weighted by molar-refractivity contribution is -0.118. The van der Waals surface area contributed by atoms with Crippen LogP contribution in [0.5, 0.6) is 0 Å². The van der Waals surface area contributed by atoms with Crippen LogP contribution < -0.4 is 11.1 Å². The first-order valence-electron chi connectivity index (χ1n) is 7.68. The Morgan fingerprint density at radius 1 is 1.62 bits per heavy atom. The predicted octanol–water partition coefficient (Wildman–Crippen LogP) is 1.65. The molecule has 0 aromatic carbocycles. The number of carbonyl (C=O) groups excluding carboxylic acids is 1. The van der Waals surface area contributed by atoms with Crippen LogP contribution in [-0.4, -0.2) is 42.1 Å². The average Bonchev–Trinajstić information content (AvgIpc) is 2.89. The number of hydrogen-bond acceptors (Lipinski definition) is 5. The molecule has 0 radical (unpaired) electrons. The summed E-state index contributed by atoms with van der Waals surface area (Å²) in [6.45, 7) is 9.19. The van der Waals surface area contributed by atoms with E-state index in [9.17, 15) is 4.79 Å². The number of nitrogens with zero attached hydrogens (tertiary/aromatic N) is 2. The van der Waals surface area contributed by atoms with Gasteiger partial charge in [-0.05, 0) is 37.3 Å². The number of hydrogen-bond donors (Lipinski definition) is 2. The molecule has 1 amide bonds. The maximum atomic E-state index is 12.1. The van der Waals surface area contributed by atoms with Crippen molar-refractivity contribution in [2.75, 3.05) is 31.5 Å². The minimum absolute atomic E-state index is 0.0632. The topological polar surface area (TPSA) is 84.4 Å². The molecule has 1 aliphatic heterocycles. The minimum Gasteiger partial charge on any atom is -0.338 e. The predicted molar refractivity (Wildman–Crippen MR) is 82.0 cm³/mol. The monoisotopic (exact) mass is 294 g/mol. The molecule has 1 saturated heterocycles. The highest BCUT2D eigenvalue weighted by Crippen LogP contribution is 2.22. The van der Waals surface area contributed by atoms with E-state index >= 15 is 0 Å². The number of rotatable bonds is 5. The summed E-state index contributed by atoms with van der Waals surface area (Å²) < 4.78 is 5.12. The van der Waals surface area contributed by atoms with Gasteiger partial charge in [0, 0.05) is 12.6 Å². The molecule has 2 rings (SSSR count). The largest absolute Gasteiger partial charge is 0.338 e. The molecule has 21 heavy (non-hydrogen) atoms. The number of carbonyl (C=O) groups is 1. The maximum absolute atomic E-state index is 12.1. The highest BCUT2D eigenvalue weighted by atomic mass is 16.5. The Morgan fingerprint density at radius 2 is 2.38 bits per heavy atom. The van der Waals surface area contributed by atoms with Crippen LogP contribution >= 0.6 is 0 Å². The van der Waals surface area contributed by atoms with Gasteiger partial charge < -0.3 is 10.3 Å². The van der Waals surface area contributed by atoms with Gasteiger partial charge in [-0.1, -0.05) is 25.9 Å². The van der Waals surface area contributed by atoms with Gasteiger partial charge in [-0.2, -0.15) is 0 Å². The molecule has 0 spiro atoms. The van der Waals surface area contributed by atoms with Crippen molar-refractivity contribution in [2.24, 2.45) is 17.6 Å². The second-order valence-electron chi connectivity index (χ2n) is 6.32. The van der Waals surface area contributed by atoms with Crippen molar-refractivity contribution in [3.8, 4) is 0 Å². The Morgan fingerprint density at radius 3 is 3.00 bits per heavy atom. The van der Waals surface area contributed by atoms with Crippen molar-refractivity contribution in [3.05, 3.63) is 11.8 Å². The Bertz CT molecular complexity index is 472. The highest BCUT2D eigenvalue weighted by Gasteiger charge is 2.26. The summed E-state index contributed by atoms with van der Waals surface area (Å²) in [6, 6.07) is 1.78. The van der Waals surface area contributed by atoms with E-state index in [4.69, 9.17) is 10.3 Å². The Labute approximate surface area is 126 Å². The molecule has 1 aromatic rings. The van der Waals surface area contributed by atoms with Gasteiger partial charge in [0.15, 0.2) is 0 Å². The number of nitrogens with two attached hydrogens (primary N) is 1. The standard InChI is InChI=1S/C15H26N4O2/c1-10(2)13-6-15(21-18-13)17-14(20)9-19-5-4-11(3)12(7-16)8-19/h6,10-12H,4-5,7-9,16H2,1-3H3,(H,17,20). The van der Waals surface area contributed by atoms with E-state index in [0.29, 0.717) is 30.8 Å². The first-order chi connectivity index (χ1) is 9.99. The Hall–Kier alpha value is -1.40. The molecule has 0 saturated carbocycles. The SMILES string of the molecule is CC(C)c1cc(NC(=O)CN2CCC(C)C(CN)C2)on1. The quantitative estimate of drug-likeness (QED) is 0.862. The number of nitrogens with one attached hydrogen (secondary N) is 1. The summed E-state index contributed by atoms with van der Waals surface area (Å²) in [5.41, 5.74) is 6.64. The molecule has 1 fully saturated rings. The zero-order valence-corrected chi connectivity index (χ0v) is 13.1. The summed E-state index contributed by atoms with van der Waals surface area (Å²) in [5.74, 6) is 1.76. The van der Waals surface area contributed by atoms with E-state index in [1.54, 1.807) is 6.07 Å². The molecule has 2 atom stereocenters. The van der Waals surface area contributed by atoms with Crippen molar-refractivity contribution < 1.29 is 9.32 Å². The molecule has 0 bridgehead atoms. The molecule has 6 nitrogen and oxygen atoms in total. The van der Waals surface area contributed by atoms with Gasteiger partial charge >= 0.3 is 0 Å². The Kier molecular flexibility index (Phi) is 5.36. The number of likely N-dealkylation sites (tertiary alicyclic amines) is 1. The molecule has 0 aliphatic carbocycles. The van der Waals surface area contributed by atoms with Crippen LogP contribution in [0.25, 0.3) is 0 Å². The maximum Gasteiger partial charge on any atom is 0.240 e. The van der Waals surface area contributed by atoms with Crippen molar-refractivity contribution in [1.82, 2.24) is 10.1 Å². The normalized spacial score (nSPS) is 23.5. The van der Waals surface area contributed by atoms with Crippen molar-refractivity contribution >= 4 is 11.8 Å². The van der Waals surface area contributed by atoms with Gasteiger partial charge in [-0.15, -0.1) is 0 Å². The molecular formula is C15H26N4O2. The zero-order valence-electron chi connectivity index (χ0n) is 13.1. The second-order valence-corrected chi connectivity index (χ2v) is 6.32. The van der Waals surface area contributed by atoms with Crippen molar-refractivity contribution in [3.63, 3.8) is 0 Å². The minimum atomic E-state index is -0.0632. The van der Waals surface area contributed by atoms with Crippen LogP contribution in [-0.2, 0) is 4.79 Å². The summed E-state index contributed by atoms with van der Waals surface area (Å²) in [5, 5.41) is 6.70. The van der Waals surface area contributed by atoms with E-state index in [1.807, 2.05) is 13.8 Å². The van der Waals surface area contributed by atoms with E-state index in [1.165, 1.54) is 0 Å². The van der Waals surface area contributed by atoms with Crippen LogP contribution in [0.15, 0.2) is 10.6 Å². The lowest BCUT2D eigenvalue weighted by atomic mass is 9.87. The van der Waals surface area contributed by atoms with Gasteiger partial charge in [0.05, 0.1) is 12.2 Å². The van der Waals surface area contributed by atoms with Crippen LogP contribution in [0.1, 0.15) is 38.8 Å². The summed E-state index contributed by atoms with van der Waals surface area (Å²) in [7, 11) is 0. The van der Waals surface area contributed by atoms with E-state index < -0.39 is 0 Å². The third-order valence-corrected chi connectivity index (χ3v) is 4.25. The summed E-state index contributed by atoms with van der Waals surface area (Å²) >= 11 is 0. The van der Waals surface area contributed by atoms with Crippen LogP contribution in [0, 0.1) is 11.8 Å². The van der Waals surface area contributed by atoms with Crippen molar-refractivity contribution in [2.45, 2.75) is 33.1 Å². The fraction of sp³-hybridized carbons (Fsp3) is 0.733. The van der Waals surface area contributed by atoms with Gasteiger partial charge in [0.1, 0.15) is 0 Å². The van der Waals surface area contributed by atoms with E-state index in [-0.39, 0.29) is 11.8 Å². The first-order valence-corrected chi connectivity index (χ1v) is 7.68. The zero-order chi connectivity index (χ0) is 15.4. The van der Waals surface area contributed by atoms with Gasteiger partial charge in [-0.25, -0.2) is 0 Å². The summed E-state index contributed by atoms with van der Waals surface area (Å²) in [4.78, 5) is 14.2. The average molecular weight is 294 g/mol. The van der Waals surface area contributed by atoms with Crippen LogP contribution in [0.4, 0.5) is 5.88 Å². The molecular weight excluding hydrogens is 268 g/mol. The molecule has 1 aliphatic rings. The third-order valence-electron chi connectivity index (χ3n) is 4.25. The van der Waals surface area contributed by atoms with Gasteiger partial charge in [-0.3, -0.25) is 15.0 Å². The van der Waals surface area contributed by atoms with Crippen LogP contribution in [0.2, 0.25) is 0 Å².